The third-order valence-corrected chi connectivity index (χ3v) is 6.81. The Morgan fingerprint density at radius 1 is 1.06 bits per heavy atom. The minimum Gasteiger partial charge on any atom is -0.491 e. The van der Waals surface area contributed by atoms with Gasteiger partial charge in [-0.2, -0.15) is 0 Å². The fraction of sp³-hybridized carbons (Fsp3) is 0.586. The van der Waals surface area contributed by atoms with E-state index in [1.165, 1.54) is 0 Å². The number of ketones is 1. The molecule has 1 aliphatic carbocycles. The highest BCUT2D eigenvalue weighted by Gasteiger charge is 2.32. The molecule has 5 nitrogen and oxygen atoms in total. The van der Waals surface area contributed by atoms with Crippen LogP contribution in [0.1, 0.15) is 71.6 Å². The first kappa shape index (κ1) is 28.9. The lowest BCUT2D eigenvalue weighted by molar-refractivity contribution is -0.143. The van der Waals surface area contributed by atoms with Crippen molar-refractivity contribution in [2.75, 3.05) is 13.2 Å². The van der Waals surface area contributed by atoms with Gasteiger partial charge in [0.15, 0.2) is 14.1 Å². The lowest BCUT2D eigenvalue weighted by Gasteiger charge is -2.34. The predicted octanol–water partition coefficient (Wildman–Crippen LogP) is 6.63. The first-order valence-corrected chi connectivity index (χ1v) is 16.3. The van der Waals surface area contributed by atoms with Crippen LogP contribution in [0.25, 0.3) is 0 Å². The van der Waals surface area contributed by atoms with Crippen LogP contribution in [0, 0.1) is 11.8 Å². The molecule has 35 heavy (non-hydrogen) atoms. The van der Waals surface area contributed by atoms with Crippen molar-refractivity contribution in [2.24, 2.45) is 0 Å². The summed E-state index contributed by atoms with van der Waals surface area (Å²) in [5, 5.41) is 0. The van der Waals surface area contributed by atoms with Gasteiger partial charge in [-0.25, -0.2) is 0 Å². The predicted molar refractivity (Wildman–Crippen MR) is 143 cm³/mol. The largest absolute Gasteiger partial charge is 0.491 e. The van der Waals surface area contributed by atoms with Crippen LogP contribution in [0.2, 0.25) is 19.6 Å². The number of rotatable bonds is 14. The maximum Gasteiger partial charge on any atom is 0.305 e. The van der Waals surface area contributed by atoms with Gasteiger partial charge in [0.1, 0.15) is 12.4 Å². The van der Waals surface area contributed by atoms with Gasteiger partial charge in [-0.1, -0.05) is 42.9 Å². The minimum atomic E-state index is -1.82. The molecule has 0 saturated carbocycles. The summed E-state index contributed by atoms with van der Waals surface area (Å²) in [7, 11) is -1.82. The van der Waals surface area contributed by atoms with E-state index < -0.39 is 13.9 Å². The first-order valence-electron chi connectivity index (χ1n) is 12.9. The summed E-state index contributed by atoms with van der Waals surface area (Å²) in [6.45, 7) is 11.3. The Labute approximate surface area is 212 Å². The van der Waals surface area contributed by atoms with Gasteiger partial charge in [0, 0.05) is 30.4 Å². The topological polar surface area (TPSA) is 61.8 Å². The summed E-state index contributed by atoms with van der Waals surface area (Å²) in [5.74, 6) is 7.55. The molecule has 0 amide bonds. The van der Waals surface area contributed by atoms with Crippen molar-refractivity contribution >= 4 is 20.1 Å². The molecule has 0 radical (unpaired) electrons. The molecule has 1 aliphatic rings. The average Bonchev–Trinajstić information content (AvgIpc) is 3.14. The number of esters is 1. The fourth-order valence-electron chi connectivity index (χ4n) is 4.24. The quantitative estimate of drug-likeness (QED) is 0.125. The monoisotopic (exact) mass is 498 g/mol. The van der Waals surface area contributed by atoms with E-state index in [-0.39, 0.29) is 11.8 Å². The summed E-state index contributed by atoms with van der Waals surface area (Å²) in [4.78, 5) is 23.9. The molecule has 192 valence electrons. The number of Topliss-reactive ketones (excluding diaryl/α,β-unsaturated/α-hetero) is 1. The molecule has 0 saturated heterocycles. The van der Waals surface area contributed by atoms with Crippen LogP contribution in [0.5, 0.6) is 5.75 Å². The number of hydrogen-bond acceptors (Lipinski definition) is 5. The van der Waals surface area contributed by atoms with Gasteiger partial charge in [-0.05, 0) is 71.3 Å². The van der Waals surface area contributed by atoms with E-state index in [9.17, 15) is 9.59 Å². The van der Waals surface area contributed by atoms with Gasteiger partial charge in [-0.15, -0.1) is 0 Å². The molecule has 2 rings (SSSR count). The Kier molecular flexibility index (Phi) is 11.8. The highest BCUT2D eigenvalue weighted by molar-refractivity contribution is 6.69. The number of carbonyl (C=O) groups excluding carboxylic acids is 2. The van der Waals surface area contributed by atoms with Crippen LogP contribution in [-0.2, 0) is 18.8 Å². The number of carbonyl (C=O) groups is 2. The van der Waals surface area contributed by atoms with Crippen molar-refractivity contribution in [1.82, 2.24) is 0 Å². The highest BCUT2D eigenvalue weighted by Crippen LogP contribution is 2.28. The number of unbranched alkanes of at least 4 members (excludes halogenated alkanes) is 3. The van der Waals surface area contributed by atoms with Gasteiger partial charge in [-0.3, -0.25) is 9.59 Å². The molecule has 0 fully saturated rings. The Bertz CT molecular complexity index is 920. The van der Waals surface area contributed by atoms with E-state index in [0.29, 0.717) is 32.5 Å². The van der Waals surface area contributed by atoms with Crippen molar-refractivity contribution in [2.45, 2.75) is 96.9 Å². The van der Waals surface area contributed by atoms with Crippen molar-refractivity contribution in [3.8, 4) is 17.6 Å². The Morgan fingerprint density at radius 3 is 2.46 bits per heavy atom. The van der Waals surface area contributed by atoms with E-state index >= 15 is 0 Å². The van der Waals surface area contributed by atoms with Crippen LogP contribution in [0.3, 0.4) is 0 Å². The zero-order valence-corrected chi connectivity index (χ0v) is 23.2. The van der Waals surface area contributed by atoms with E-state index in [1.54, 1.807) is 0 Å². The molecule has 6 heteroatoms. The third-order valence-electron chi connectivity index (χ3n) is 5.71. The molecule has 0 spiro atoms. The van der Waals surface area contributed by atoms with Gasteiger partial charge >= 0.3 is 5.97 Å². The maximum absolute atomic E-state index is 12.4. The molecule has 1 aromatic rings. The molecule has 0 aliphatic heterocycles. The fourth-order valence-corrected chi connectivity index (χ4v) is 5.85. The van der Waals surface area contributed by atoms with Crippen LogP contribution in [-0.4, -0.2) is 38.9 Å². The van der Waals surface area contributed by atoms with E-state index in [0.717, 1.165) is 55.4 Å². The molecular weight excluding hydrogens is 456 g/mol. The van der Waals surface area contributed by atoms with Crippen molar-refractivity contribution < 1.29 is 23.5 Å². The number of hydrogen-bond donors (Lipinski definition) is 0. The van der Waals surface area contributed by atoms with E-state index in [1.807, 2.05) is 37.3 Å². The van der Waals surface area contributed by atoms with E-state index in [4.69, 9.17) is 13.9 Å². The zero-order valence-electron chi connectivity index (χ0n) is 22.2. The third kappa shape index (κ3) is 11.3. The maximum atomic E-state index is 12.4. The zero-order chi connectivity index (χ0) is 25.7. The molecule has 1 atom stereocenters. The molecule has 0 heterocycles. The van der Waals surface area contributed by atoms with E-state index in [2.05, 4.69) is 38.4 Å². The smallest absolute Gasteiger partial charge is 0.305 e. The standard InChI is InChI=1S/C29H42O5Si/c1-6-32-28(31)19-13-8-7-12-18-26-24(20-21-27(26)30)15-14-22-29(2,34-35(3,4)5)23-33-25-16-10-9-11-17-25/h9-11,16-17H,6-8,12-13,18-23H2,1-5H3. The average molecular weight is 499 g/mol. The Hall–Kier alpha value is -2.36. The summed E-state index contributed by atoms with van der Waals surface area (Å²) in [5.41, 5.74) is 1.37. The normalized spacial score (nSPS) is 15.4. The number of allylic oxidation sites excluding steroid dienone is 2. The van der Waals surface area contributed by atoms with Gasteiger partial charge < -0.3 is 13.9 Å². The molecule has 0 bridgehead atoms. The summed E-state index contributed by atoms with van der Waals surface area (Å²) in [6, 6.07) is 9.76. The lowest BCUT2D eigenvalue weighted by Crippen LogP contribution is -2.44. The number of benzene rings is 1. The molecule has 1 aromatic carbocycles. The van der Waals surface area contributed by atoms with Crippen LogP contribution in [0.4, 0.5) is 0 Å². The first-order chi connectivity index (χ1) is 16.6. The van der Waals surface area contributed by atoms with Crippen LogP contribution >= 0.6 is 0 Å². The number of ether oxygens (including phenoxy) is 2. The van der Waals surface area contributed by atoms with Crippen molar-refractivity contribution in [3.05, 3.63) is 41.5 Å². The second kappa shape index (κ2) is 14.3. The van der Waals surface area contributed by atoms with Gasteiger partial charge in [0.2, 0.25) is 0 Å². The van der Waals surface area contributed by atoms with Crippen molar-refractivity contribution in [3.63, 3.8) is 0 Å². The SMILES string of the molecule is CCOC(=O)CCCCCCC1=C(C#CCC(C)(COc2ccccc2)O[Si](C)(C)C)CCC1=O. The van der Waals surface area contributed by atoms with Crippen molar-refractivity contribution in [1.29, 1.82) is 0 Å². The summed E-state index contributed by atoms with van der Waals surface area (Å²) >= 11 is 0. The Balaban J connectivity index is 1.94. The molecule has 1 unspecified atom stereocenters. The molecular formula is C29H42O5Si. The second-order valence-electron chi connectivity index (χ2n) is 10.3. The molecule has 0 N–H and O–H groups in total. The Morgan fingerprint density at radius 2 is 1.77 bits per heavy atom. The summed E-state index contributed by atoms with van der Waals surface area (Å²) < 4.78 is 17.5. The minimum absolute atomic E-state index is 0.127. The van der Waals surface area contributed by atoms with Gasteiger partial charge in [0.05, 0.1) is 12.2 Å². The highest BCUT2D eigenvalue weighted by atomic mass is 28.4. The lowest BCUT2D eigenvalue weighted by atomic mass is 10.0. The van der Waals surface area contributed by atoms with Crippen LogP contribution in [0.15, 0.2) is 41.5 Å². The summed E-state index contributed by atoms with van der Waals surface area (Å²) in [6.07, 6.45) is 6.81. The van der Waals surface area contributed by atoms with Gasteiger partial charge in [0.25, 0.3) is 0 Å². The molecule has 0 aromatic heterocycles. The second-order valence-corrected chi connectivity index (χ2v) is 14.8. The number of para-hydroxylation sites is 1. The van der Waals surface area contributed by atoms with Crippen LogP contribution < -0.4 is 4.74 Å².